The number of benzene rings is 2. The number of para-hydroxylation sites is 2. The van der Waals surface area contributed by atoms with Gasteiger partial charge >= 0.3 is 0 Å². The van der Waals surface area contributed by atoms with Gasteiger partial charge in [0.05, 0.1) is 18.1 Å². The summed E-state index contributed by atoms with van der Waals surface area (Å²) in [6.07, 6.45) is 0. The molecule has 0 aliphatic carbocycles. The maximum absolute atomic E-state index is 5.27. The molecule has 3 aromatic rings. The first-order chi connectivity index (χ1) is 10.3. The Balaban J connectivity index is 1.84. The van der Waals surface area contributed by atoms with Crippen molar-refractivity contribution in [2.24, 2.45) is 0 Å². The van der Waals surface area contributed by atoms with Crippen LogP contribution in [0.3, 0.4) is 0 Å². The van der Waals surface area contributed by atoms with Gasteiger partial charge in [0.1, 0.15) is 5.75 Å². The van der Waals surface area contributed by atoms with Crippen LogP contribution in [-0.2, 0) is 12.3 Å². The number of fused-ring (bicyclic) bond motifs is 1. The number of imidazole rings is 1. The van der Waals surface area contributed by atoms with Gasteiger partial charge in [0.2, 0.25) is 0 Å². The van der Waals surface area contributed by atoms with Crippen molar-refractivity contribution in [3.8, 4) is 5.75 Å². The van der Waals surface area contributed by atoms with Crippen LogP contribution in [0.2, 0.25) is 0 Å². The Bertz CT molecular complexity index is 751. The summed E-state index contributed by atoms with van der Waals surface area (Å²) in [4.78, 5) is 4.74. The zero-order valence-corrected chi connectivity index (χ0v) is 13.1. The third-order valence-corrected chi connectivity index (χ3v) is 4.49. The van der Waals surface area contributed by atoms with Gasteiger partial charge in [-0.1, -0.05) is 36.0 Å². The van der Waals surface area contributed by atoms with Gasteiger partial charge in [-0.25, -0.2) is 4.98 Å². The monoisotopic (exact) mass is 298 g/mol. The number of aromatic nitrogens is 2. The number of hydrogen-bond donors (Lipinski definition) is 0. The largest absolute Gasteiger partial charge is 0.497 e. The third-order valence-electron chi connectivity index (χ3n) is 3.44. The Hall–Kier alpha value is -1.94. The van der Waals surface area contributed by atoms with E-state index >= 15 is 0 Å². The highest BCUT2D eigenvalue weighted by Crippen LogP contribution is 2.27. The molecule has 108 valence electrons. The number of rotatable bonds is 5. The van der Waals surface area contributed by atoms with Crippen molar-refractivity contribution in [3.05, 3.63) is 54.1 Å². The molecule has 1 aromatic heterocycles. The molecular formula is C17H18N2OS. The van der Waals surface area contributed by atoms with E-state index in [1.165, 1.54) is 11.1 Å². The number of nitrogens with zero attached hydrogens (tertiary/aromatic N) is 2. The summed E-state index contributed by atoms with van der Waals surface area (Å²) in [5.41, 5.74) is 3.51. The molecule has 0 unspecified atom stereocenters. The van der Waals surface area contributed by atoms with Crippen molar-refractivity contribution in [2.45, 2.75) is 24.4 Å². The summed E-state index contributed by atoms with van der Waals surface area (Å²) in [6, 6.07) is 16.5. The van der Waals surface area contributed by atoms with Crippen molar-refractivity contribution >= 4 is 22.8 Å². The van der Waals surface area contributed by atoms with E-state index in [2.05, 4.69) is 41.8 Å². The first-order valence-electron chi connectivity index (χ1n) is 7.03. The molecular weight excluding hydrogens is 280 g/mol. The van der Waals surface area contributed by atoms with E-state index < -0.39 is 0 Å². The van der Waals surface area contributed by atoms with Gasteiger partial charge in [0, 0.05) is 12.3 Å². The Morgan fingerprint density at radius 2 is 2.00 bits per heavy atom. The maximum atomic E-state index is 5.27. The van der Waals surface area contributed by atoms with Crippen molar-refractivity contribution in [2.75, 3.05) is 7.11 Å². The fraction of sp³-hybridized carbons (Fsp3) is 0.235. The molecule has 1 heterocycles. The SMILES string of the molecule is CCn1c(SCc2cccc(OC)c2)nc2ccccc21. The van der Waals surface area contributed by atoms with E-state index in [9.17, 15) is 0 Å². The van der Waals surface area contributed by atoms with Crippen LogP contribution in [0.5, 0.6) is 5.75 Å². The Morgan fingerprint density at radius 3 is 2.81 bits per heavy atom. The van der Waals surface area contributed by atoms with E-state index in [0.717, 1.165) is 28.7 Å². The van der Waals surface area contributed by atoms with Gasteiger partial charge in [0.15, 0.2) is 5.16 Å². The zero-order valence-electron chi connectivity index (χ0n) is 12.2. The summed E-state index contributed by atoms with van der Waals surface area (Å²) < 4.78 is 7.53. The second-order valence-electron chi connectivity index (χ2n) is 4.77. The van der Waals surface area contributed by atoms with E-state index in [0.29, 0.717) is 0 Å². The van der Waals surface area contributed by atoms with E-state index in [1.807, 2.05) is 18.2 Å². The summed E-state index contributed by atoms with van der Waals surface area (Å²) in [5.74, 6) is 1.79. The summed E-state index contributed by atoms with van der Waals surface area (Å²) in [7, 11) is 1.70. The first kappa shape index (κ1) is 14.0. The Kier molecular flexibility index (Phi) is 4.15. The fourth-order valence-corrected chi connectivity index (χ4v) is 3.40. The number of thioether (sulfide) groups is 1. The predicted molar refractivity (Wildman–Crippen MR) is 88.0 cm³/mol. The quantitative estimate of drug-likeness (QED) is 0.655. The van der Waals surface area contributed by atoms with Gasteiger partial charge in [-0.3, -0.25) is 0 Å². The molecule has 0 saturated carbocycles. The van der Waals surface area contributed by atoms with Gasteiger partial charge < -0.3 is 9.30 Å². The molecule has 0 radical (unpaired) electrons. The van der Waals surface area contributed by atoms with Crippen LogP contribution in [0.1, 0.15) is 12.5 Å². The van der Waals surface area contributed by atoms with Gasteiger partial charge in [-0.2, -0.15) is 0 Å². The fourth-order valence-electron chi connectivity index (χ4n) is 2.38. The standard InChI is InChI=1S/C17H18N2OS/c1-3-19-16-10-5-4-9-15(16)18-17(19)21-12-13-7-6-8-14(11-13)20-2/h4-11H,3,12H2,1-2H3. The summed E-state index contributed by atoms with van der Waals surface area (Å²) in [5, 5.41) is 1.07. The highest BCUT2D eigenvalue weighted by atomic mass is 32.2. The van der Waals surface area contributed by atoms with Crippen LogP contribution in [0.4, 0.5) is 0 Å². The Morgan fingerprint density at radius 1 is 1.14 bits per heavy atom. The van der Waals surface area contributed by atoms with Crippen LogP contribution in [0, 0.1) is 0 Å². The molecule has 0 fully saturated rings. The number of methoxy groups -OCH3 is 1. The molecule has 0 aliphatic rings. The van der Waals surface area contributed by atoms with Crippen molar-refractivity contribution in [3.63, 3.8) is 0 Å². The molecule has 4 heteroatoms. The molecule has 0 spiro atoms. The second-order valence-corrected chi connectivity index (χ2v) is 5.71. The minimum atomic E-state index is 0.889. The third kappa shape index (κ3) is 2.90. The first-order valence-corrected chi connectivity index (χ1v) is 8.01. The lowest BCUT2D eigenvalue weighted by atomic mass is 10.2. The highest BCUT2D eigenvalue weighted by Gasteiger charge is 2.09. The van der Waals surface area contributed by atoms with Gasteiger partial charge in [-0.05, 0) is 36.8 Å². The van der Waals surface area contributed by atoms with Crippen LogP contribution >= 0.6 is 11.8 Å². The highest BCUT2D eigenvalue weighted by molar-refractivity contribution is 7.98. The van der Waals surface area contributed by atoms with Crippen LogP contribution in [0.15, 0.2) is 53.7 Å². The van der Waals surface area contributed by atoms with Gasteiger partial charge in [-0.15, -0.1) is 0 Å². The number of hydrogen-bond acceptors (Lipinski definition) is 3. The predicted octanol–water partition coefficient (Wildman–Crippen LogP) is 4.36. The molecule has 0 amide bonds. The van der Waals surface area contributed by atoms with E-state index in [4.69, 9.17) is 9.72 Å². The van der Waals surface area contributed by atoms with Crippen molar-refractivity contribution in [1.29, 1.82) is 0 Å². The number of ether oxygens (including phenoxy) is 1. The lowest BCUT2D eigenvalue weighted by Crippen LogP contribution is -1.96. The lowest BCUT2D eigenvalue weighted by Gasteiger charge is -2.06. The van der Waals surface area contributed by atoms with Crippen LogP contribution < -0.4 is 4.74 Å². The molecule has 0 aliphatic heterocycles. The molecule has 0 saturated heterocycles. The lowest BCUT2D eigenvalue weighted by molar-refractivity contribution is 0.414. The summed E-state index contributed by atoms with van der Waals surface area (Å²) in [6.45, 7) is 3.09. The van der Waals surface area contributed by atoms with Crippen LogP contribution in [0.25, 0.3) is 11.0 Å². The minimum Gasteiger partial charge on any atom is -0.497 e. The smallest absolute Gasteiger partial charge is 0.169 e. The maximum Gasteiger partial charge on any atom is 0.169 e. The van der Waals surface area contributed by atoms with E-state index in [-0.39, 0.29) is 0 Å². The molecule has 21 heavy (non-hydrogen) atoms. The topological polar surface area (TPSA) is 27.1 Å². The second kappa shape index (κ2) is 6.22. The molecule has 3 nitrogen and oxygen atoms in total. The number of aryl methyl sites for hydroxylation is 1. The van der Waals surface area contributed by atoms with Crippen molar-refractivity contribution < 1.29 is 4.74 Å². The average molecular weight is 298 g/mol. The Labute approximate surface area is 129 Å². The van der Waals surface area contributed by atoms with Gasteiger partial charge in [0.25, 0.3) is 0 Å². The van der Waals surface area contributed by atoms with Crippen molar-refractivity contribution in [1.82, 2.24) is 9.55 Å². The minimum absolute atomic E-state index is 0.889. The van der Waals surface area contributed by atoms with Crippen LogP contribution in [-0.4, -0.2) is 16.7 Å². The molecule has 0 atom stereocenters. The molecule has 2 aromatic carbocycles. The molecule has 0 N–H and O–H groups in total. The average Bonchev–Trinajstić information content (AvgIpc) is 2.90. The normalized spacial score (nSPS) is 11.0. The summed E-state index contributed by atoms with van der Waals surface area (Å²) >= 11 is 1.77. The molecule has 0 bridgehead atoms. The van der Waals surface area contributed by atoms with E-state index in [1.54, 1.807) is 18.9 Å². The molecule has 3 rings (SSSR count). The zero-order chi connectivity index (χ0) is 14.7.